The lowest BCUT2D eigenvalue weighted by Gasteiger charge is -2.14. The van der Waals surface area contributed by atoms with E-state index in [-0.39, 0.29) is 0 Å². The zero-order chi connectivity index (χ0) is 14.3. The van der Waals surface area contributed by atoms with Gasteiger partial charge >= 0.3 is 12.0 Å². The van der Waals surface area contributed by atoms with Crippen molar-refractivity contribution in [1.29, 1.82) is 0 Å². The number of unbranched alkanes of at least 4 members (excludes halogenated alkanes) is 1. The van der Waals surface area contributed by atoms with Crippen molar-refractivity contribution < 1.29 is 14.7 Å². The lowest BCUT2D eigenvalue weighted by atomic mass is 10.1. The summed E-state index contributed by atoms with van der Waals surface area (Å²) in [6, 6.07) is 2.69. The van der Waals surface area contributed by atoms with E-state index in [1.165, 1.54) is 4.88 Å². The van der Waals surface area contributed by atoms with Crippen LogP contribution in [0.1, 0.15) is 35.9 Å². The highest BCUT2D eigenvalue weighted by Gasteiger charge is 2.18. The molecular weight excluding hydrogens is 264 g/mol. The second-order valence-electron chi connectivity index (χ2n) is 4.37. The number of carboxylic acid groups (broad SMARTS) is 1. The fraction of sp³-hybridized carbons (Fsp3) is 0.538. The molecule has 106 valence electrons. The molecule has 5 nitrogen and oxygen atoms in total. The van der Waals surface area contributed by atoms with Crippen LogP contribution in [0.3, 0.4) is 0 Å². The van der Waals surface area contributed by atoms with Gasteiger partial charge in [0, 0.05) is 9.75 Å². The average molecular weight is 284 g/mol. The second kappa shape index (κ2) is 7.78. The smallest absolute Gasteiger partial charge is 0.326 e. The van der Waals surface area contributed by atoms with Crippen LogP contribution in [-0.4, -0.2) is 23.1 Å². The number of carbonyl (C=O) groups excluding carboxylic acids is 1. The molecule has 0 saturated carbocycles. The molecule has 1 heterocycles. The fourth-order valence-electron chi connectivity index (χ4n) is 1.62. The van der Waals surface area contributed by atoms with Gasteiger partial charge in [0.25, 0.3) is 0 Å². The minimum Gasteiger partial charge on any atom is -0.480 e. The van der Waals surface area contributed by atoms with Crippen molar-refractivity contribution in [3.05, 3.63) is 21.9 Å². The molecule has 1 aromatic rings. The Balaban J connectivity index is 2.37. The fourth-order valence-corrected chi connectivity index (χ4v) is 2.45. The Morgan fingerprint density at radius 2 is 2.16 bits per heavy atom. The van der Waals surface area contributed by atoms with E-state index < -0.39 is 18.0 Å². The van der Waals surface area contributed by atoms with Crippen LogP contribution in [0.2, 0.25) is 0 Å². The molecule has 1 aromatic heterocycles. The Hall–Kier alpha value is -1.56. The molecular formula is C13H20N2O3S. The van der Waals surface area contributed by atoms with Crippen LogP contribution in [0, 0.1) is 6.92 Å². The van der Waals surface area contributed by atoms with Crippen molar-refractivity contribution in [3.8, 4) is 0 Å². The maximum Gasteiger partial charge on any atom is 0.326 e. The first-order valence-corrected chi connectivity index (χ1v) is 7.17. The molecule has 0 aliphatic heterocycles. The highest BCUT2D eigenvalue weighted by atomic mass is 32.1. The minimum absolute atomic E-state index is 0.421. The van der Waals surface area contributed by atoms with Crippen molar-refractivity contribution in [2.75, 3.05) is 0 Å². The number of aliphatic carboxylic acids is 1. The van der Waals surface area contributed by atoms with Crippen LogP contribution < -0.4 is 10.6 Å². The van der Waals surface area contributed by atoms with Crippen LogP contribution in [0.25, 0.3) is 0 Å². The summed E-state index contributed by atoms with van der Waals surface area (Å²) in [5.41, 5.74) is 0. The molecule has 0 bridgehead atoms. The molecule has 3 N–H and O–H groups in total. The first-order valence-electron chi connectivity index (χ1n) is 6.35. The van der Waals surface area contributed by atoms with E-state index in [9.17, 15) is 9.59 Å². The number of rotatable bonds is 7. The van der Waals surface area contributed by atoms with Crippen molar-refractivity contribution in [3.63, 3.8) is 0 Å². The summed E-state index contributed by atoms with van der Waals surface area (Å²) in [4.78, 5) is 24.8. The third kappa shape index (κ3) is 5.74. The molecule has 1 rings (SSSR count). The van der Waals surface area contributed by atoms with Gasteiger partial charge in [0.15, 0.2) is 0 Å². The van der Waals surface area contributed by atoms with Crippen molar-refractivity contribution in [2.45, 2.75) is 45.7 Å². The molecule has 6 heteroatoms. The molecule has 0 fully saturated rings. The van der Waals surface area contributed by atoms with Gasteiger partial charge < -0.3 is 15.7 Å². The zero-order valence-electron chi connectivity index (χ0n) is 11.2. The third-order valence-electron chi connectivity index (χ3n) is 2.67. The molecule has 0 spiro atoms. The van der Waals surface area contributed by atoms with Crippen LogP contribution in [0.4, 0.5) is 4.79 Å². The van der Waals surface area contributed by atoms with Gasteiger partial charge in [-0.3, -0.25) is 0 Å². The van der Waals surface area contributed by atoms with Gasteiger partial charge in [-0.2, -0.15) is 0 Å². The number of aryl methyl sites for hydroxylation is 1. The van der Waals surface area contributed by atoms with E-state index in [2.05, 4.69) is 10.6 Å². The lowest BCUT2D eigenvalue weighted by Crippen LogP contribution is -2.45. The molecule has 0 aromatic carbocycles. The Bertz CT molecular complexity index is 431. The average Bonchev–Trinajstić information content (AvgIpc) is 2.77. The maximum absolute atomic E-state index is 11.6. The SMILES string of the molecule is CCCC[C@H](NC(=O)NCc1ccc(C)s1)C(=O)O. The number of thiophene rings is 1. The number of hydrogen-bond donors (Lipinski definition) is 3. The normalized spacial score (nSPS) is 11.9. The molecule has 0 unspecified atom stereocenters. The first kappa shape index (κ1) is 15.5. The first-order chi connectivity index (χ1) is 9.02. The van der Waals surface area contributed by atoms with Crippen molar-refractivity contribution >= 4 is 23.3 Å². The molecule has 19 heavy (non-hydrogen) atoms. The van der Waals surface area contributed by atoms with Crippen LogP contribution in [0.15, 0.2) is 12.1 Å². The predicted octanol–water partition coefficient (Wildman–Crippen LogP) is 2.50. The zero-order valence-corrected chi connectivity index (χ0v) is 12.0. The number of nitrogens with one attached hydrogen (secondary N) is 2. The van der Waals surface area contributed by atoms with E-state index in [0.29, 0.717) is 13.0 Å². The van der Waals surface area contributed by atoms with Gasteiger partial charge in [0.1, 0.15) is 6.04 Å². The summed E-state index contributed by atoms with van der Waals surface area (Å²) in [5.74, 6) is -0.990. The van der Waals surface area contributed by atoms with Gasteiger partial charge in [-0.05, 0) is 25.5 Å². The van der Waals surface area contributed by atoms with Gasteiger partial charge in [-0.1, -0.05) is 19.8 Å². The van der Waals surface area contributed by atoms with E-state index in [1.54, 1.807) is 11.3 Å². The van der Waals surface area contributed by atoms with Gasteiger partial charge in [-0.25, -0.2) is 9.59 Å². The lowest BCUT2D eigenvalue weighted by molar-refractivity contribution is -0.139. The van der Waals surface area contributed by atoms with E-state index in [0.717, 1.165) is 17.7 Å². The van der Waals surface area contributed by atoms with Gasteiger partial charge in [0.2, 0.25) is 0 Å². The summed E-state index contributed by atoms with van der Waals surface area (Å²) in [6.45, 7) is 4.40. The molecule has 0 radical (unpaired) electrons. The Morgan fingerprint density at radius 1 is 1.42 bits per heavy atom. The quantitative estimate of drug-likeness (QED) is 0.720. The van der Waals surface area contributed by atoms with Gasteiger partial charge in [0.05, 0.1) is 6.54 Å². The van der Waals surface area contributed by atoms with Crippen LogP contribution in [0.5, 0.6) is 0 Å². The summed E-state index contributed by atoms with van der Waals surface area (Å²) in [6.07, 6.45) is 2.14. The van der Waals surface area contributed by atoms with E-state index in [4.69, 9.17) is 5.11 Å². The Morgan fingerprint density at radius 3 is 2.68 bits per heavy atom. The summed E-state index contributed by atoms with van der Waals surface area (Å²) in [5, 5.41) is 14.2. The molecule has 1 atom stereocenters. The summed E-state index contributed by atoms with van der Waals surface area (Å²) in [7, 11) is 0. The summed E-state index contributed by atoms with van der Waals surface area (Å²) >= 11 is 1.61. The van der Waals surface area contributed by atoms with E-state index >= 15 is 0 Å². The van der Waals surface area contributed by atoms with Crippen molar-refractivity contribution in [2.24, 2.45) is 0 Å². The Kier molecular flexibility index (Phi) is 6.35. The van der Waals surface area contributed by atoms with Crippen LogP contribution in [-0.2, 0) is 11.3 Å². The monoisotopic (exact) mass is 284 g/mol. The number of hydrogen-bond acceptors (Lipinski definition) is 3. The predicted molar refractivity (Wildman–Crippen MR) is 75.4 cm³/mol. The van der Waals surface area contributed by atoms with E-state index in [1.807, 2.05) is 26.0 Å². The highest BCUT2D eigenvalue weighted by molar-refractivity contribution is 7.11. The van der Waals surface area contributed by atoms with Crippen LogP contribution >= 0.6 is 11.3 Å². The number of amides is 2. The highest BCUT2D eigenvalue weighted by Crippen LogP contribution is 2.14. The third-order valence-corrected chi connectivity index (χ3v) is 3.67. The Labute approximate surface area is 117 Å². The van der Waals surface area contributed by atoms with Gasteiger partial charge in [-0.15, -0.1) is 11.3 Å². The largest absolute Gasteiger partial charge is 0.480 e. The molecule has 0 aliphatic rings. The number of carbonyl (C=O) groups is 2. The minimum atomic E-state index is -0.990. The molecule has 0 saturated heterocycles. The molecule has 2 amide bonds. The molecule has 0 aliphatic carbocycles. The van der Waals surface area contributed by atoms with Crippen molar-refractivity contribution in [1.82, 2.24) is 10.6 Å². The number of urea groups is 1. The topological polar surface area (TPSA) is 78.4 Å². The second-order valence-corrected chi connectivity index (χ2v) is 5.74. The maximum atomic E-state index is 11.6. The summed E-state index contributed by atoms with van der Waals surface area (Å²) < 4.78 is 0. The standard InChI is InChI=1S/C13H20N2O3S/c1-3-4-5-11(12(16)17)15-13(18)14-8-10-7-6-9(2)19-10/h6-7,11H,3-5,8H2,1-2H3,(H,16,17)(H2,14,15,18)/t11-/m0/s1. The number of carboxylic acids is 1.